The fourth-order valence-corrected chi connectivity index (χ4v) is 2.88. The number of nitrogens with zero attached hydrogens (tertiary/aromatic N) is 6. The molecule has 0 fully saturated rings. The van der Waals surface area contributed by atoms with Crippen LogP contribution in [-0.2, 0) is 17.8 Å². The van der Waals surface area contributed by atoms with Crippen molar-refractivity contribution in [2.75, 3.05) is 5.32 Å². The van der Waals surface area contributed by atoms with Gasteiger partial charge in [0.15, 0.2) is 0 Å². The van der Waals surface area contributed by atoms with Crippen molar-refractivity contribution in [3.05, 3.63) is 47.5 Å². The molecule has 3 rings (SSSR count). The van der Waals surface area contributed by atoms with Gasteiger partial charge in [0.25, 0.3) is 0 Å². The molecule has 2 aromatic heterocycles. The Morgan fingerprint density at radius 3 is 2.77 bits per heavy atom. The van der Waals surface area contributed by atoms with Crippen molar-refractivity contribution >= 4 is 11.6 Å². The Hall–Kier alpha value is -3.03. The van der Waals surface area contributed by atoms with Gasteiger partial charge in [-0.15, -0.1) is 5.10 Å². The maximum Gasteiger partial charge on any atom is 0.228 e. The van der Waals surface area contributed by atoms with E-state index in [-0.39, 0.29) is 5.91 Å². The molecule has 0 aliphatic carbocycles. The molecule has 0 aliphatic rings. The van der Waals surface area contributed by atoms with Gasteiger partial charge in [0.05, 0.1) is 17.8 Å². The molecule has 8 heteroatoms. The van der Waals surface area contributed by atoms with Gasteiger partial charge >= 0.3 is 0 Å². The summed E-state index contributed by atoms with van der Waals surface area (Å²) in [5.74, 6) is 0.429. The van der Waals surface area contributed by atoms with Crippen LogP contribution in [0, 0.1) is 19.8 Å². The lowest BCUT2D eigenvalue weighted by molar-refractivity contribution is -0.115. The highest BCUT2D eigenvalue weighted by Crippen LogP contribution is 2.17. The molecule has 0 bridgehead atoms. The van der Waals surface area contributed by atoms with Crippen LogP contribution in [0.5, 0.6) is 0 Å². The minimum absolute atomic E-state index is 0.0748. The normalized spacial score (nSPS) is 11.1. The van der Waals surface area contributed by atoms with Crippen LogP contribution in [0.4, 0.5) is 5.69 Å². The van der Waals surface area contributed by atoms with E-state index in [9.17, 15) is 4.79 Å². The molecule has 0 saturated carbocycles. The molecule has 8 nitrogen and oxygen atoms in total. The third-order valence-electron chi connectivity index (χ3n) is 4.15. The second-order valence-electron chi connectivity index (χ2n) is 6.76. The number of aromatic nitrogens is 6. The molecule has 1 amide bonds. The quantitative estimate of drug-likeness (QED) is 0.734. The lowest BCUT2D eigenvalue weighted by Crippen LogP contribution is -2.16. The summed E-state index contributed by atoms with van der Waals surface area (Å²) in [7, 11) is 0. The third kappa shape index (κ3) is 3.96. The fourth-order valence-electron chi connectivity index (χ4n) is 2.88. The highest BCUT2D eigenvalue weighted by atomic mass is 16.1. The van der Waals surface area contributed by atoms with E-state index in [1.165, 1.54) is 6.33 Å². The van der Waals surface area contributed by atoms with Gasteiger partial charge in [-0.1, -0.05) is 19.9 Å². The van der Waals surface area contributed by atoms with Crippen LogP contribution in [0.25, 0.3) is 5.69 Å². The molecule has 3 aromatic rings. The van der Waals surface area contributed by atoms with Gasteiger partial charge in [0.2, 0.25) is 5.91 Å². The van der Waals surface area contributed by atoms with Crippen LogP contribution in [0.3, 0.4) is 0 Å². The summed E-state index contributed by atoms with van der Waals surface area (Å²) in [5.41, 5.74) is 4.42. The van der Waals surface area contributed by atoms with E-state index in [0.29, 0.717) is 18.0 Å². The first-order valence-corrected chi connectivity index (χ1v) is 8.60. The average molecular weight is 353 g/mol. The summed E-state index contributed by atoms with van der Waals surface area (Å²) in [6, 6.07) is 7.39. The first kappa shape index (κ1) is 17.8. The topological polar surface area (TPSA) is 90.5 Å². The van der Waals surface area contributed by atoms with Crippen LogP contribution in [0.2, 0.25) is 0 Å². The summed E-state index contributed by atoms with van der Waals surface area (Å²) in [6.07, 6.45) is 1.81. The third-order valence-corrected chi connectivity index (χ3v) is 4.15. The number of anilines is 1. The van der Waals surface area contributed by atoms with Crippen molar-refractivity contribution in [2.24, 2.45) is 5.92 Å². The summed E-state index contributed by atoms with van der Waals surface area (Å²) >= 11 is 0. The lowest BCUT2D eigenvalue weighted by Gasteiger charge is -2.09. The van der Waals surface area contributed by atoms with E-state index in [0.717, 1.165) is 29.2 Å². The molecule has 0 spiro atoms. The number of benzene rings is 1. The van der Waals surface area contributed by atoms with Gasteiger partial charge in [0, 0.05) is 23.5 Å². The molecular weight excluding hydrogens is 330 g/mol. The van der Waals surface area contributed by atoms with Crippen LogP contribution in [-0.4, -0.2) is 35.9 Å². The highest BCUT2D eigenvalue weighted by molar-refractivity contribution is 5.92. The molecule has 0 aliphatic heterocycles. The molecule has 0 unspecified atom stereocenters. The number of nitrogens with one attached hydrogen (secondary N) is 1. The number of hydrogen-bond acceptors (Lipinski definition) is 5. The van der Waals surface area contributed by atoms with Crippen LogP contribution in [0.1, 0.15) is 30.8 Å². The molecule has 26 heavy (non-hydrogen) atoms. The Kier molecular flexibility index (Phi) is 5.11. The zero-order valence-electron chi connectivity index (χ0n) is 15.5. The molecular formula is C18H23N7O. The molecule has 0 atom stereocenters. The maximum atomic E-state index is 12.5. The second kappa shape index (κ2) is 7.47. The monoisotopic (exact) mass is 353 g/mol. The molecule has 0 saturated heterocycles. The number of amides is 1. The Morgan fingerprint density at radius 2 is 2.08 bits per heavy atom. The van der Waals surface area contributed by atoms with Crippen molar-refractivity contribution in [1.82, 2.24) is 30.0 Å². The van der Waals surface area contributed by atoms with Gasteiger partial charge in [-0.2, -0.15) is 5.10 Å². The number of carbonyl (C=O) groups is 1. The minimum Gasteiger partial charge on any atom is -0.326 e. The Balaban J connectivity index is 1.72. The van der Waals surface area contributed by atoms with Crippen molar-refractivity contribution in [3.63, 3.8) is 0 Å². The van der Waals surface area contributed by atoms with E-state index in [1.807, 2.05) is 42.8 Å². The number of hydrogen-bond donors (Lipinski definition) is 1. The highest BCUT2D eigenvalue weighted by Gasteiger charge is 2.16. The van der Waals surface area contributed by atoms with Crippen molar-refractivity contribution in [1.29, 1.82) is 0 Å². The molecule has 1 N–H and O–H groups in total. The first-order chi connectivity index (χ1) is 12.4. The number of rotatable bonds is 6. The van der Waals surface area contributed by atoms with Gasteiger partial charge in [-0.05, 0) is 48.4 Å². The Bertz CT molecular complexity index is 896. The Morgan fingerprint density at radius 1 is 1.27 bits per heavy atom. The number of carbonyl (C=O) groups excluding carboxylic acids is 1. The van der Waals surface area contributed by atoms with Crippen LogP contribution in [0.15, 0.2) is 30.6 Å². The minimum atomic E-state index is -0.0748. The average Bonchev–Trinajstić information content (AvgIpc) is 3.20. The van der Waals surface area contributed by atoms with Crippen molar-refractivity contribution in [3.8, 4) is 5.69 Å². The van der Waals surface area contributed by atoms with Crippen LogP contribution < -0.4 is 5.32 Å². The summed E-state index contributed by atoms with van der Waals surface area (Å²) in [4.78, 5) is 12.5. The van der Waals surface area contributed by atoms with Crippen molar-refractivity contribution < 1.29 is 4.79 Å². The van der Waals surface area contributed by atoms with Gasteiger partial charge in [-0.25, -0.2) is 4.68 Å². The largest absolute Gasteiger partial charge is 0.326 e. The molecule has 2 heterocycles. The second-order valence-corrected chi connectivity index (χ2v) is 6.76. The van der Waals surface area contributed by atoms with Crippen molar-refractivity contribution in [2.45, 2.75) is 40.7 Å². The number of tetrazole rings is 1. The lowest BCUT2D eigenvalue weighted by atomic mass is 10.1. The number of aryl methyl sites for hydroxylation is 1. The summed E-state index contributed by atoms with van der Waals surface area (Å²) in [5, 5.41) is 18.6. The smallest absolute Gasteiger partial charge is 0.228 e. The first-order valence-electron chi connectivity index (χ1n) is 8.60. The van der Waals surface area contributed by atoms with Crippen LogP contribution >= 0.6 is 0 Å². The van der Waals surface area contributed by atoms with Gasteiger partial charge in [-0.3, -0.25) is 9.48 Å². The van der Waals surface area contributed by atoms with E-state index < -0.39 is 0 Å². The summed E-state index contributed by atoms with van der Waals surface area (Å²) < 4.78 is 3.53. The standard InChI is InChI=1S/C18H23N7O/c1-12(2)10-24-14(4)17(13(3)21-24)9-18(26)20-15-6-5-7-16(8-15)25-11-19-22-23-25/h5-8,11-12H,9-10H2,1-4H3,(H,20,26). The molecule has 1 aromatic carbocycles. The zero-order valence-corrected chi connectivity index (χ0v) is 15.5. The maximum absolute atomic E-state index is 12.5. The summed E-state index contributed by atoms with van der Waals surface area (Å²) in [6.45, 7) is 9.12. The predicted molar refractivity (Wildman–Crippen MR) is 98.0 cm³/mol. The van der Waals surface area contributed by atoms with E-state index in [4.69, 9.17) is 0 Å². The van der Waals surface area contributed by atoms with E-state index in [1.54, 1.807) is 4.68 Å². The SMILES string of the molecule is Cc1nn(CC(C)C)c(C)c1CC(=O)Nc1cccc(-n2cnnn2)c1. The molecule has 0 radical (unpaired) electrons. The zero-order chi connectivity index (χ0) is 18.7. The predicted octanol–water partition coefficient (Wildman–Crippen LogP) is 2.31. The van der Waals surface area contributed by atoms with Gasteiger partial charge in [0.1, 0.15) is 6.33 Å². The van der Waals surface area contributed by atoms with Gasteiger partial charge < -0.3 is 5.32 Å². The fraction of sp³-hybridized carbons (Fsp3) is 0.389. The molecule has 136 valence electrons. The Labute approximate surface area is 152 Å². The van der Waals surface area contributed by atoms with E-state index in [2.05, 4.69) is 39.8 Å². The van der Waals surface area contributed by atoms with E-state index >= 15 is 0 Å².